The Morgan fingerprint density at radius 3 is 2.43 bits per heavy atom. The van der Waals surface area contributed by atoms with Gasteiger partial charge < -0.3 is 14.7 Å². The first-order valence-corrected chi connectivity index (χ1v) is 4.89. The summed E-state index contributed by atoms with van der Waals surface area (Å²) in [5, 5.41) is 9.49. The molecule has 0 rings (SSSR count). The van der Waals surface area contributed by atoms with Crippen LogP contribution in [-0.2, 0) is 9.53 Å². The maximum Gasteiger partial charge on any atom is 0.308 e. The number of nitrogens with zero attached hydrogens (tertiary/aromatic N) is 1. The Balaban J connectivity index is 3.70. The number of likely N-dealkylation sites (N-methyl/N-ethyl adjacent to an activating group) is 1. The predicted molar refractivity (Wildman–Crippen MR) is 55.0 cm³/mol. The van der Waals surface area contributed by atoms with Crippen LogP contribution in [0.4, 0.5) is 0 Å². The average Bonchev–Trinajstić information content (AvgIpc) is 2.01. The molecule has 0 aliphatic rings. The first-order chi connectivity index (χ1) is 6.45. The van der Waals surface area contributed by atoms with E-state index in [1.54, 1.807) is 0 Å². The summed E-state index contributed by atoms with van der Waals surface area (Å²) in [5.74, 6) is 0.195. The summed E-state index contributed by atoms with van der Waals surface area (Å²) in [5.41, 5.74) is 0. The summed E-state index contributed by atoms with van der Waals surface area (Å²) in [6.07, 6.45) is -0.565. The highest BCUT2D eigenvalue weighted by atomic mass is 16.5. The van der Waals surface area contributed by atoms with Gasteiger partial charge in [-0.1, -0.05) is 13.8 Å². The molecule has 0 fully saturated rings. The van der Waals surface area contributed by atoms with Gasteiger partial charge in [-0.3, -0.25) is 4.79 Å². The number of carbonyl (C=O) groups is 1. The maximum absolute atomic E-state index is 10.8. The average molecular weight is 203 g/mol. The van der Waals surface area contributed by atoms with Crippen molar-refractivity contribution < 1.29 is 14.6 Å². The lowest BCUT2D eigenvalue weighted by Gasteiger charge is -2.21. The van der Waals surface area contributed by atoms with E-state index in [4.69, 9.17) is 0 Å². The molecule has 0 saturated heterocycles. The third-order valence-corrected chi connectivity index (χ3v) is 1.83. The number of aliphatic hydroxyl groups excluding tert-OH is 1. The van der Waals surface area contributed by atoms with Crippen molar-refractivity contribution in [3.8, 4) is 0 Å². The Labute approximate surface area is 85.9 Å². The second-order valence-electron chi connectivity index (χ2n) is 4.05. The summed E-state index contributed by atoms with van der Waals surface area (Å²) in [6, 6.07) is 0. The number of esters is 1. The van der Waals surface area contributed by atoms with Crippen molar-refractivity contribution in [2.75, 3.05) is 27.2 Å². The minimum atomic E-state index is -0.633. The summed E-state index contributed by atoms with van der Waals surface area (Å²) < 4.78 is 4.47. The number of methoxy groups -OCH3 is 1. The molecule has 0 saturated carbocycles. The Morgan fingerprint density at radius 2 is 2.00 bits per heavy atom. The van der Waals surface area contributed by atoms with Gasteiger partial charge in [0.1, 0.15) is 0 Å². The number of aliphatic hydroxyl groups is 1. The van der Waals surface area contributed by atoms with Crippen LogP contribution in [0.15, 0.2) is 0 Å². The molecule has 1 unspecified atom stereocenters. The van der Waals surface area contributed by atoms with Crippen LogP contribution in [0.2, 0.25) is 0 Å². The van der Waals surface area contributed by atoms with Crippen molar-refractivity contribution >= 4 is 5.97 Å². The molecule has 0 amide bonds. The number of ether oxygens (including phenoxy) is 1. The molecule has 0 aromatic heterocycles. The molecule has 0 aliphatic carbocycles. The highest BCUT2D eigenvalue weighted by Crippen LogP contribution is 2.00. The number of hydrogen-bond acceptors (Lipinski definition) is 4. The molecule has 4 nitrogen and oxygen atoms in total. The zero-order valence-electron chi connectivity index (χ0n) is 9.49. The van der Waals surface area contributed by atoms with E-state index in [0.717, 1.165) is 6.54 Å². The molecule has 1 N–H and O–H groups in total. The van der Waals surface area contributed by atoms with Crippen LogP contribution in [0, 0.1) is 5.92 Å². The van der Waals surface area contributed by atoms with Crippen molar-refractivity contribution in [1.82, 2.24) is 4.90 Å². The summed E-state index contributed by atoms with van der Waals surface area (Å²) >= 11 is 0. The van der Waals surface area contributed by atoms with Crippen LogP contribution in [0.1, 0.15) is 20.3 Å². The van der Waals surface area contributed by atoms with Gasteiger partial charge in [0.15, 0.2) is 0 Å². The highest BCUT2D eigenvalue weighted by molar-refractivity contribution is 5.69. The first kappa shape index (κ1) is 13.4. The summed E-state index contributed by atoms with van der Waals surface area (Å²) in [7, 11) is 3.26. The molecule has 0 bridgehead atoms. The van der Waals surface area contributed by atoms with Gasteiger partial charge in [-0.15, -0.1) is 0 Å². The minimum absolute atomic E-state index is 0.0684. The van der Waals surface area contributed by atoms with Crippen LogP contribution >= 0.6 is 0 Å². The maximum atomic E-state index is 10.8. The zero-order chi connectivity index (χ0) is 11.1. The van der Waals surface area contributed by atoms with E-state index in [-0.39, 0.29) is 12.4 Å². The van der Waals surface area contributed by atoms with Gasteiger partial charge in [0.2, 0.25) is 0 Å². The summed E-state index contributed by atoms with van der Waals surface area (Å²) in [4.78, 5) is 12.8. The summed E-state index contributed by atoms with van der Waals surface area (Å²) in [6.45, 7) is 5.65. The molecular formula is C10H21NO3. The molecule has 1 atom stereocenters. The fraction of sp³-hybridized carbons (Fsp3) is 0.900. The first-order valence-electron chi connectivity index (χ1n) is 4.89. The Morgan fingerprint density at radius 1 is 1.43 bits per heavy atom. The van der Waals surface area contributed by atoms with Gasteiger partial charge in [-0.2, -0.15) is 0 Å². The molecule has 4 heteroatoms. The molecule has 14 heavy (non-hydrogen) atoms. The van der Waals surface area contributed by atoms with E-state index in [1.165, 1.54) is 7.11 Å². The van der Waals surface area contributed by atoms with Crippen LogP contribution in [-0.4, -0.2) is 49.3 Å². The van der Waals surface area contributed by atoms with Crippen LogP contribution in [0.25, 0.3) is 0 Å². The second kappa shape index (κ2) is 6.79. The second-order valence-corrected chi connectivity index (χ2v) is 4.05. The van der Waals surface area contributed by atoms with E-state index in [2.05, 4.69) is 18.6 Å². The molecule has 0 heterocycles. The standard InChI is InChI=1S/C10H21NO3/c1-8(2)6-11(3)7-9(12)5-10(13)14-4/h8-9,12H,5-7H2,1-4H3. The fourth-order valence-corrected chi connectivity index (χ4v) is 1.40. The Hall–Kier alpha value is -0.610. The van der Waals surface area contributed by atoms with Gasteiger partial charge >= 0.3 is 5.97 Å². The van der Waals surface area contributed by atoms with Gasteiger partial charge in [0.25, 0.3) is 0 Å². The van der Waals surface area contributed by atoms with E-state index >= 15 is 0 Å². The molecule has 0 spiro atoms. The fourth-order valence-electron chi connectivity index (χ4n) is 1.40. The predicted octanol–water partition coefficient (Wildman–Crippen LogP) is 0.498. The molecule has 0 aliphatic heterocycles. The monoisotopic (exact) mass is 203 g/mol. The quantitative estimate of drug-likeness (QED) is 0.639. The largest absolute Gasteiger partial charge is 0.469 e. The number of rotatable bonds is 6. The van der Waals surface area contributed by atoms with Crippen LogP contribution in [0.5, 0.6) is 0 Å². The topological polar surface area (TPSA) is 49.8 Å². The van der Waals surface area contributed by atoms with E-state index in [9.17, 15) is 9.90 Å². The number of hydrogen-bond donors (Lipinski definition) is 1. The third kappa shape index (κ3) is 6.86. The van der Waals surface area contributed by atoms with E-state index in [0.29, 0.717) is 12.5 Å². The van der Waals surface area contributed by atoms with Gasteiger partial charge in [0, 0.05) is 13.1 Å². The van der Waals surface area contributed by atoms with E-state index in [1.807, 2.05) is 11.9 Å². The van der Waals surface area contributed by atoms with Crippen molar-refractivity contribution in [3.05, 3.63) is 0 Å². The van der Waals surface area contributed by atoms with Crippen molar-refractivity contribution in [3.63, 3.8) is 0 Å². The lowest BCUT2D eigenvalue weighted by atomic mass is 10.2. The Kier molecular flexibility index (Phi) is 6.49. The third-order valence-electron chi connectivity index (χ3n) is 1.83. The molecular weight excluding hydrogens is 182 g/mol. The van der Waals surface area contributed by atoms with Gasteiger partial charge in [0.05, 0.1) is 19.6 Å². The molecule has 0 aromatic carbocycles. The van der Waals surface area contributed by atoms with E-state index < -0.39 is 6.10 Å². The number of carbonyl (C=O) groups excluding carboxylic acids is 1. The minimum Gasteiger partial charge on any atom is -0.469 e. The van der Waals surface area contributed by atoms with Crippen LogP contribution in [0.3, 0.4) is 0 Å². The van der Waals surface area contributed by atoms with Crippen molar-refractivity contribution in [2.24, 2.45) is 5.92 Å². The lowest BCUT2D eigenvalue weighted by molar-refractivity contribution is -0.143. The molecule has 0 aromatic rings. The van der Waals surface area contributed by atoms with Gasteiger partial charge in [-0.05, 0) is 13.0 Å². The molecule has 84 valence electrons. The zero-order valence-corrected chi connectivity index (χ0v) is 9.49. The van der Waals surface area contributed by atoms with Crippen LogP contribution < -0.4 is 0 Å². The highest BCUT2D eigenvalue weighted by Gasteiger charge is 2.13. The SMILES string of the molecule is COC(=O)CC(O)CN(C)CC(C)C. The van der Waals surface area contributed by atoms with Crippen molar-refractivity contribution in [2.45, 2.75) is 26.4 Å². The lowest BCUT2D eigenvalue weighted by Crippen LogP contribution is -2.33. The normalized spacial score (nSPS) is 13.4. The van der Waals surface area contributed by atoms with Crippen molar-refractivity contribution in [1.29, 1.82) is 0 Å². The van der Waals surface area contributed by atoms with Gasteiger partial charge in [-0.25, -0.2) is 0 Å². The molecule has 0 radical (unpaired) electrons. The smallest absolute Gasteiger partial charge is 0.308 e. The Bertz CT molecular complexity index is 171.